The Labute approximate surface area is 200 Å². The highest BCUT2D eigenvalue weighted by Crippen LogP contribution is 2.29. The molecule has 1 aliphatic heterocycles. The Morgan fingerprint density at radius 1 is 1.14 bits per heavy atom. The van der Waals surface area contributed by atoms with Crippen LogP contribution in [0.4, 0.5) is 11.4 Å². The number of nitrogens with zero attached hydrogens (tertiary/aromatic N) is 4. The number of primary amides is 1. The van der Waals surface area contributed by atoms with Crippen molar-refractivity contribution in [1.29, 1.82) is 0 Å². The maximum Gasteiger partial charge on any atom is 0.276 e. The smallest absolute Gasteiger partial charge is 0.276 e. The molecule has 0 bridgehead atoms. The van der Waals surface area contributed by atoms with Gasteiger partial charge in [0, 0.05) is 47.4 Å². The van der Waals surface area contributed by atoms with Crippen LogP contribution in [-0.2, 0) is 4.79 Å². The number of fused-ring (bicyclic) bond motifs is 1. The molecule has 5 rings (SSSR count). The Morgan fingerprint density at radius 2 is 1.91 bits per heavy atom. The van der Waals surface area contributed by atoms with Gasteiger partial charge in [-0.25, -0.2) is 9.50 Å². The van der Waals surface area contributed by atoms with Crippen LogP contribution in [0, 0.1) is 0 Å². The van der Waals surface area contributed by atoms with E-state index >= 15 is 0 Å². The number of benzene rings is 2. The number of carbonyl (C=O) groups excluding carboxylic acids is 3. The van der Waals surface area contributed by atoms with Crippen molar-refractivity contribution in [2.24, 2.45) is 5.73 Å². The van der Waals surface area contributed by atoms with Gasteiger partial charge in [-0.1, -0.05) is 18.2 Å². The van der Waals surface area contributed by atoms with Gasteiger partial charge in [0.1, 0.15) is 6.10 Å². The Bertz CT molecular complexity index is 1460. The second kappa shape index (κ2) is 8.65. The molecule has 10 heteroatoms. The first kappa shape index (κ1) is 22.2. The molecule has 2 aromatic carbocycles. The van der Waals surface area contributed by atoms with E-state index in [1.54, 1.807) is 39.9 Å². The van der Waals surface area contributed by atoms with Crippen molar-refractivity contribution in [1.82, 2.24) is 14.6 Å². The maximum absolute atomic E-state index is 12.9. The minimum Gasteiger partial charge on any atom is -0.383 e. The number of rotatable bonds is 5. The summed E-state index contributed by atoms with van der Waals surface area (Å²) in [5, 5.41) is 17.1. The number of aliphatic hydroxyl groups excluding tert-OH is 1. The maximum atomic E-state index is 12.9. The van der Waals surface area contributed by atoms with Crippen LogP contribution in [0.3, 0.4) is 0 Å². The average Bonchev–Trinajstić information content (AvgIpc) is 3.39. The van der Waals surface area contributed by atoms with Crippen molar-refractivity contribution in [2.45, 2.75) is 25.5 Å². The van der Waals surface area contributed by atoms with E-state index in [9.17, 15) is 19.5 Å². The minimum atomic E-state index is -0.974. The predicted molar refractivity (Wildman–Crippen MR) is 129 cm³/mol. The van der Waals surface area contributed by atoms with Crippen molar-refractivity contribution in [3.63, 3.8) is 0 Å². The largest absolute Gasteiger partial charge is 0.383 e. The summed E-state index contributed by atoms with van der Waals surface area (Å²) >= 11 is 0. The highest BCUT2D eigenvalue weighted by atomic mass is 16.3. The number of carbonyl (C=O) groups is 3. The zero-order chi connectivity index (χ0) is 24.7. The summed E-state index contributed by atoms with van der Waals surface area (Å²) < 4.78 is 1.56. The van der Waals surface area contributed by atoms with Crippen molar-refractivity contribution < 1.29 is 19.5 Å². The third-order valence-corrected chi connectivity index (χ3v) is 5.98. The van der Waals surface area contributed by atoms with Crippen molar-refractivity contribution in [2.75, 3.05) is 10.2 Å². The Balaban J connectivity index is 1.42. The van der Waals surface area contributed by atoms with Crippen LogP contribution in [0.2, 0.25) is 0 Å². The molecule has 0 spiro atoms. The first-order valence-corrected chi connectivity index (χ1v) is 11.0. The van der Waals surface area contributed by atoms with E-state index < -0.39 is 17.9 Å². The fraction of sp³-hybridized carbons (Fsp3) is 0.160. The second-order valence-electron chi connectivity index (χ2n) is 8.39. The lowest BCUT2D eigenvalue weighted by Crippen LogP contribution is -2.33. The normalized spacial score (nSPS) is 17.7. The van der Waals surface area contributed by atoms with E-state index in [-0.39, 0.29) is 23.2 Å². The van der Waals surface area contributed by atoms with E-state index in [1.807, 2.05) is 31.2 Å². The topological polar surface area (TPSA) is 143 Å². The lowest BCUT2D eigenvalue weighted by molar-refractivity contribution is -0.124. The molecule has 1 saturated heterocycles. The average molecular weight is 470 g/mol. The van der Waals surface area contributed by atoms with Crippen molar-refractivity contribution in [3.8, 4) is 11.3 Å². The molecule has 0 saturated carbocycles. The lowest BCUT2D eigenvalue weighted by Gasteiger charge is -2.21. The summed E-state index contributed by atoms with van der Waals surface area (Å²) in [7, 11) is 0. The molecule has 1 fully saturated rings. The quantitative estimate of drug-likeness (QED) is 0.408. The second-order valence-corrected chi connectivity index (χ2v) is 8.39. The predicted octanol–water partition coefficient (Wildman–Crippen LogP) is 2.23. The number of aliphatic hydroxyl groups is 1. The van der Waals surface area contributed by atoms with Crippen LogP contribution in [0.15, 0.2) is 67.0 Å². The SMILES string of the molecule is CC1CC(O)C(=O)N1c1ccc(-c2cc3c(C(=O)Nc4cccc(C(N)=O)c4)nccn3n2)cc1. The fourth-order valence-electron chi connectivity index (χ4n) is 4.26. The monoisotopic (exact) mass is 470 g/mol. The van der Waals surface area contributed by atoms with Crippen LogP contribution >= 0.6 is 0 Å². The van der Waals surface area contributed by atoms with Crippen LogP contribution in [0.25, 0.3) is 16.8 Å². The zero-order valence-corrected chi connectivity index (χ0v) is 18.8. The Morgan fingerprint density at radius 3 is 2.60 bits per heavy atom. The standard InChI is InChI=1S/C25H22N6O4/c1-14-11-21(32)25(35)31(14)18-7-5-15(6-8-18)19-13-20-22(27-9-10-30(20)29-19)24(34)28-17-4-2-3-16(12-17)23(26)33/h2-10,12-14,21,32H,11H2,1H3,(H2,26,33)(H,28,34). The third kappa shape index (κ3) is 4.11. The van der Waals surface area contributed by atoms with Gasteiger partial charge in [-0.3, -0.25) is 14.4 Å². The molecule has 2 aromatic heterocycles. The number of amides is 3. The van der Waals surface area contributed by atoms with E-state index in [2.05, 4.69) is 15.4 Å². The summed E-state index contributed by atoms with van der Waals surface area (Å²) in [6.07, 6.45) is 2.55. The van der Waals surface area contributed by atoms with Crippen LogP contribution in [0.5, 0.6) is 0 Å². The van der Waals surface area contributed by atoms with Gasteiger partial charge >= 0.3 is 0 Å². The molecule has 35 heavy (non-hydrogen) atoms. The molecule has 10 nitrogen and oxygen atoms in total. The molecule has 2 unspecified atom stereocenters. The molecule has 176 valence electrons. The highest BCUT2D eigenvalue weighted by molar-refractivity contribution is 6.08. The van der Waals surface area contributed by atoms with Crippen LogP contribution in [-0.4, -0.2) is 49.6 Å². The fourth-order valence-corrected chi connectivity index (χ4v) is 4.26. The molecule has 4 aromatic rings. The van der Waals surface area contributed by atoms with Gasteiger partial charge in [0.2, 0.25) is 5.91 Å². The molecule has 1 aliphatic rings. The first-order valence-electron chi connectivity index (χ1n) is 11.0. The molecule has 3 amide bonds. The molecule has 0 radical (unpaired) electrons. The Kier molecular flexibility index (Phi) is 5.50. The van der Waals surface area contributed by atoms with Crippen molar-refractivity contribution >= 4 is 34.6 Å². The number of hydrogen-bond acceptors (Lipinski definition) is 6. The lowest BCUT2D eigenvalue weighted by atomic mass is 10.1. The number of aromatic nitrogens is 3. The van der Waals surface area contributed by atoms with Gasteiger partial charge < -0.3 is 21.1 Å². The van der Waals surface area contributed by atoms with Crippen LogP contribution in [0.1, 0.15) is 34.2 Å². The summed E-state index contributed by atoms with van der Waals surface area (Å²) in [5.41, 5.74) is 8.79. The zero-order valence-electron chi connectivity index (χ0n) is 18.8. The summed E-state index contributed by atoms with van der Waals surface area (Å²) in [4.78, 5) is 42.4. The number of nitrogens with one attached hydrogen (secondary N) is 1. The first-order chi connectivity index (χ1) is 16.8. The number of anilines is 2. The summed E-state index contributed by atoms with van der Waals surface area (Å²) in [6.45, 7) is 1.90. The van der Waals surface area contributed by atoms with E-state index in [1.165, 1.54) is 12.3 Å². The van der Waals surface area contributed by atoms with Gasteiger partial charge in [0.05, 0.1) is 11.2 Å². The van der Waals surface area contributed by atoms with E-state index in [4.69, 9.17) is 5.73 Å². The van der Waals surface area contributed by atoms with Crippen molar-refractivity contribution in [3.05, 3.63) is 78.2 Å². The highest BCUT2D eigenvalue weighted by Gasteiger charge is 2.36. The van der Waals surface area contributed by atoms with E-state index in [0.29, 0.717) is 29.0 Å². The third-order valence-electron chi connectivity index (χ3n) is 5.98. The minimum absolute atomic E-state index is 0.0886. The molecule has 2 atom stereocenters. The molecular formula is C25H22N6O4. The summed E-state index contributed by atoms with van der Waals surface area (Å²) in [6, 6.07) is 15.3. The summed E-state index contributed by atoms with van der Waals surface area (Å²) in [5.74, 6) is -1.35. The number of hydrogen-bond donors (Lipinski definition) is 3. The molecule has 3 heterocycles. The number of nitrogens with two attached hydrogens (primary N) is 1. The van der Waals surface area contributed by atoms with Gasteiger partial charge in [0.25, 0.3) is 11.8 Å². The molecule has 0 aliphatic carbocycles. The Hall–Kier alpha value is -4.57. The van der Waals surface area contributed by atoms with E-state index in [0.717, 1.165) is 5.56 Å². The molecule has 4 N–H and O–H groups in total. The molecular weight excluding hydrogens is 448 g/mol. The van der Waals surface area contributed by atoms with Gasteiger partial charge in [-0.05, 0) is 43.3 Å². The van der Waals surface area contributed by atoms with Gasteiger partial charge in [-0.2, -0.15) is 5.10 Å². The van der Waals surface area contributed by atoms with Gasteiger partial charge in [-0.15, -0.1) is 0 Å². The van der Waals surface area contributed by atoms with Gasteiger partial charge in [0.15, 0.2) is 5.69 Å². The van der Waals surface area contributed by atoms with Crippen LogP contribution < -0.4 is 16.0 Å².